The molecule has 0 amide bonds. The van der Waals surface area contributed by atoms with Crippen molar-refractivity contribution in [2.75, 3.05) is 6.54 Å². The Balaban J connectivity index is 1.90. The van der Waals surface area contributed by atoms with Crippen LogP contribution >= 0.6 is 0 Å². The Morgan fingerprint density at radius 3 is 2.48 bits per heavy atom. The maximum absolute atomic E-state index is 12.0. The van der Waals surface area contributed by atoms with Gasteiger partial charge < -0.3 is 5.73 Å². The summed E-state index contributed by atoms with van der Waals surface area (Å²) in [5.41, 5.74) is 5.69. The van der Waals surface area contributed by atoms with E-state index in [4.69, 9.17) is 5.73 Å². The summed E-state index contributed by atoms with van der Waals surface area (Å²) in [5.74, 6) is 0.472. The number of benzene rings is 1. The zero-order chi connectivity index (χ0) is 15.5. The van der Waals surface area contributed by atoms with Gasteiger partial charge in [-0.25, -0.2) is 13.1 Å². The van der Waals surface area contributed by atoms with Crippen molar-refractivity contribution in [2.45, 2.75) is 36.6 Å². The van der Waals surface area contributed by atoms with Gasteiger partial charge in [0.25, 0.3) is 5.69 Å². The molecule has 1 aromatic carbocycles. The molecule has 0 aromatic heterocycles. The molecule has 2 unspecified atom stereocenters. The second-order valence-electron chi connectivity index (χ2n) is 5.38. The number of nitro groups is 1. The molecule has 1 fully saturated rings. The SMILES string of the molecule is NC1CCC(CCNS(=O)(=O)c2ccc([N+](=O)[O-])cc2)C1. The van der Waals surface area contributed by atoms with Gasteiger partial charge in [0, 0.05) is 24.7 Å². The number of nitrogens with one attached hydrogen (secondary N) is 1. The van der Waals surface area contributed by atoms with E-state index < -0.39 is 14.9 Å². The van der Waals surface area contributed by atoms with Gasteiger partial charge in [-0.05, 0) is 43.7 Å². The first-order valence-electron chi connectivity index (χ1n) is 6.88. The van der Waals surface area contributed by atoms with Crippen molar-refractivity contribution in [3.05, 3.63) is 34.4 Å². The fourth-order valence-electron chi connectivity index (χ4n) is 2.60. The number of nitro benzene ring substituents is 1. The topological polar surface area (TPSA) is 115 Å². The first-order valence-corrected chi connectivity index (χ1v) is 8.36. The van der Waals surface area contributed by atoms with Crippen LogP contribution in [0.5, 0.6) is 0 Å². The predicted octanol–water partition coefficient (Wildman–Crippen LogP) is 1.39. The largest absolute Gasteiger partial charge is 0.328 e. The smallest absolute Gasteiger partial charge is 0.269 e. The first-order chi connectivity index (χ1) is 9.88. The van der Waals surface area contributed by atoms with E-state index in [1.54, 1.807) is 0 Å². The Hall–Kier alpha value is -1.51. The molecule has 1 aromatic rings. The summed E-state index contributed by atoms with van der Waals surface area (Å²) in [6, 6.07) is 5.09. The van der Waals surface area contributed by atoms with Gasteiger partial charge in [0.05, 0.1) is 9.82 Å². The molecule has 2 rings (SSSR count). The van der Waals surface area contributed by atoms with Crippen molar-refractivity contribution >= 4 is 15.7 Å². The maximum atomic E-state index is 12.0. The number of hydrogen-bond acceptors (Lipinski definition) is 5. The van der Waals surface area contributed by atoms with Crippen molar-refractivity contribution in [1.29, 1.82) is 0 Å². The minimum atomic E-state index is -3.61. The number of rotatable bonds is 6. The van der Waals surface area contributed by atoms with E-state index >= 15 is 0 Å². The van der Waals surface area contributed by atoms with Gasteiger partial charge >= 0.3 is 0 Å². The third-order valence-electron chi connectivity index (χ3n) is 3.78. The van der Waals surface area contributed by atoms with Crippen LogP contribution in [-0.4, -0.2) is 25.9 Å². The van der Waals surface area contributed by atoms with E-state index in [2.05, 4.69) is 4.72 Å². The third-order valence-corrected chi connectivity index (χ3v) is 5.26. The van der Waals surface area contributed by atoms with Gasteiger partial charge in [-0.3, -0.25) is 10.1 Å². The molecule has 1 aliphatic rings. The lowest BCUT2D eigenvalue weighted by Crippen LogP contribution is -2.26. The molecule has 7 nitrogen and oxygen atoms in total. The van der Waals surface area contributed by atoms with Crippen molar-refractivity contribution in [1.82, 2.24) is 4.72 Å². The summed E-state index contributed by atoms with van der Waals surface area (Å²) in [4.78, 5) is 10.0. The van der Waals surface area contributed by atoms with E-state index in [9.17, 15) is 18.5 Å². The molecular formula is C13H19N3O4S. The van der Waals surface area contributed by atoms with Crippen LogP contribution in [0.1, 0.15) is 25.7 Å². The second kappa shape index (κ2) is 6.50. The molecule has 116 valence electrons. The molecule has 21 heavy (non-hydrogen) atoms. The second-order valence-corrected chi connectivity index (χ2v) is 7.14. The summed E-state index contributed by atoms with van der Waals surface area (Å²) in [6.07, 6.45) is 3.75. The van der Waals surface area contributed by atoms with Crippen LogP contribution in [0.2, 0.25) is 0 Å². The first kappa shape index (κ1) is 15.9. The van der Waals surface area contributed by atoms with Gasteiger partial charge in [0.15, 0.2) is 0 Å². The molecule has 1 saturated carbocycles. The quantitative estimate of drug-likeness (QED) is 0.608. The summed E-state index contributed by atoms with van der Waals surface area (Å²) < 4.78 is 26.6. The van der Waals surface area contributed by atoms with E-state index in [0.717, 1.165) is 25.7 Å². The van der Waals surface area contributed by atoms with Crippen LogP contribution in [0, 0.1) is 16.0 Å². The highest BCUT2D eigenvalue weighted by Gasteiger charge is 2.22. The lowest BCUT2D eigenvalue weighted by molar-refractivity contribution is -0.384. The normalized spacial score (nSPS) is 22.3. The van der Waals surface area contributed by atoms with Crippen LogP contribution in [0.3, 0.4) is 0 Å². The molecule has 0 spiro atoms. The van der Waals surface area contributed by atoms with E-state index in [1.807, 2.05) is 0 Å². The fourth-order valence-corrected chi connectivity index (χ4v) is 3.65. The van der Waals surface area contributed by atoms with Gasteiger partial charge in [-0.15, -0.1) is 0 Å². The molecule has 8 heteroatoms. The molecule has 0 aliphatic heterocycles. The Labute approximate surface area is 123 Å². The van der Waals surface area contributed by atoms with Crippen LogP contribution in [0.15, 0.2) is 29.2 Å². The average Bonchev–Trinajstić information content (AvgIpc) is 2.84. The van der Waals surface area contributed by atoms with Gasteiger partial charge in [0.2, 0.25) is 10.0 Å². The lowest BCUT2D eigenvalue weighted by Gasteiger charge is -2.10. The van der Waals surface area contributed by atoms with Crippen molar-refractivity contribution in [3.8, 4) is 0 Å². The van der Waals surface area contributed by atoms with Gasteiger partial charge in [-0.2, -0.15) is 0 Å². The van der Waals surface area contributed by atoms with E-state index in [0.29, 0.717) is 12.5 Å². The molecule has 0 saturated heterocycles. The number of sulfonamides is 1. The minimum absolute atomic E-state index is 0.0382. The average molecular weight is 313 g/mol. The predicted molar refractivity (Wildman–Crippen MR) is 78.2 cm³/mol. The number of non-ortho nitro benzene ring substituents is 1. The Bertz CT molecular complexity index is 600. The molecule has 0 bridgehead atoms. The third kappa shape index (κ3) is 4.23. The standard InChI is InChI=1S/C13H19N3O4S/c14-11-2-1-10(9-11)7-8-15-21(19,20)13-5-3-12(4-6-13)16(17)18/h3-6,10-11,15H,1-2,7-9,14H2. The van der Waals surface area contributed by atoms with E-state index in [-0.39, 0.29) is 16.6 Å². The summed E-state index contributed by atoms with van der Waals surface area (Å²) in [5, 5.41) is 10.5. The maximum Gasteiger partial charge on any atom is 0.269 e. The molecule has 0 radical (unpaired) electrons. The van der Waals surface area contributed by atoms with Crippen LogP contribution in [0.25, 0.3) is 0 Å². The monoisotopic (exact) mass is 313 g/mol. The van der Waals surface area contributed by atoms with Crippen molar-refractivity contribution in [2.24, 2.45) is 11.7 Å². The van der Waals surface area contributed by atoms with Crippen molar-refractivity contribution in [3.63, 3.8) is 0 Å². The number of nitrogens with zero attached hydrogens (tertiary/aromatic N) is 1. The van der Waals surface area contributed by atoms with Gasteiger partial charge in [0.1, 0.15) is 0 Å². The summed E-state index contributed by atoms with van der Waals surface area (Å²) in [6.45, 7) is 0.358. The fraction of sp³-hybridized carbons (Fsp3) is 0.538. The highest BCUT2D eigenvalue weighted by molar-refractivity contribution is 7.89. The van der Waals surface area contributed by atoms with Gasteiger partial charge in [-0.1, -0.05) is 0 Å². The van der Waals surface area contributed by atoms with Crippen LogP contribution < -0.4 is 10.5 Å². The highest BCUT2D eigenvalue weighted by Crippen LogP contribution is 2.26. The lowest BCUT2D eigenvalue weighted by atomic mass is 10.0. The molecule has 3 N–H and O–H groups in total. The summed E-state index contributed by atoms with van der Waals surface area (Å²) in [7, 11) is -3.61. The highest BCUT2D eigenvalue weighted by atomic mass is 32.2. The zero-order valence-electron chi connectivity index (χ0n) is 11.6. The van der Waals surface area contributed by atoms with E-state index in [1.165, 1.54) is 24.3 Å². The molecular weight excluding hydrogens is 294 g/mol. The molecule has 0 heterocycles. The zero-order valence-corrected chi connectivity index (χ0v) is 12.4. The van der Waals surface area contributed by atoms with Crippen LogP contribution in [0.4, 0.5) is 5.69 Å². The Morgan fingerprint density at radius 1 is 1.29 bits per heavy atom. The minimum Gasteiger partial charge on any atom is -0.328 e. The van der Waals surface area contributed by atoms with Crippen LogP contribution in [-0.2, 0) is 10.0 Å². The van der Waals surface area contributed by atoms with Crippen molar-refractivity contribution < 1.29 is 13.3 Å². The Kier molecular flexibility index (Phi) is 4.92. The number of nitrogens with two attached hydrogens (primary N) is 1. The number of hydrogen-bond donors (Lipinski definition) is 2. The molecule has 2 atom stereocenters. The Morgan fingerprint density at radius 2 is 1.95 bits per heavy atom. The summed E-state index contributed by atoms with van der Waals surface area (Å²) >= 11 is 0. The molecule has 1 aliphatic carbocycles.